The van der Waals surface area contributed by atoms with Crippen LogP contribution in [0.25, 0.3) is 5.65 Å². The highest BCUT2D eigenvalue weighted by Gasteiger charge is 2.34. The van der Waals surface area contributed by atoms with E-state index in [1.807, 2.05) is 6.07 Å². The van der Waals surface area contributed by atoms with E-state index in [0.717, 1.165) is 38.0 Å². The van der Waals surface area contributed by atoms with Crippen molar-refractivity contribution in [3.8, 4) is 0 Å². The highest BCUT2D eigenvalue weighted by atomic mass is 32.2. The number of carbonyl (C=O) groups is 1. The summed E-state index contributed by atoms with van der Waals surface area (Å²) in [6.07, 6.45) is 7.35. The lowest BCUT2D eigenvalue weighted by atomic mass is 10.0. The largest absolute Gasteiger partial charge is 0.355 e. The predicted octanol–water partition coefficient (Wildman–Crippen LogP) is 0.302. The van der Waals surface area contributed by atoms with Crippen molar-refractivity contribution in [2.24, 2.45) is 0 Å². The number of nitrogens with zero attached hydrogens (tertiary/aromatic N) is 5. The first kappa shape index (κ1) is 19.3. The molecule has 0 aromatic carbocycles. The second-order valence-electron chi connectivity index (χ2n) is 7.62. The lowest BCUT2D eigenvalue weighted by Crippen LogP contribution is -2.45. The number of rotatable bonds is 4. The summed E-state index contributed by atoms with van der Waals surface area (Å²) in [5.41, 5.74) is 2.13. The summed E-state index contributed by atoms with van der Waals surface area (Å²) in [4.78, 5) is 18.8. The minimum atomic E-state index is -3.09. The SMILES string of the molecule is CNC(=O)c1cnn2c([C@@H]3CCN(C4CCN(S(C)(=O)=O)CC4)C3)ccnc12. The average molecular weight is 407 g/mol. The number of hydrogen-bond donors (Lipinski definition) is 1. The average Bonchev–Trinajstić information content (AvgIpc) is 3.34. The third-order valence-corrected chi connectivity index (χ3v) is 7.25. The highest BCUT2D eigenvalue weighted by Crippen LogP contribution is 2.31. The Balaban J connectivity index is 1.48. The second-order valence-corrected chi connectivity index (χ2v) is 9.60. The minimum Gasteiger partial charge on any atom is -0.355 e. The summed E-state index contributed by atoms with van der Waals surface area (Å²) < 4.78 is 26.8. The summed E-state index contributed by atoms with van der Waals surface area (Å²) in [6, 6.07) is 2.40. The summed E-state index contributed by atoms with van der Waals surface area (Å²) in [6.45, 7) is 3.09. The Morgan fingerprint density at radius 3 is 2.64 bits per heavy atom. The number of fused-ring (bicyclic) bond motifs is 1. The van der Waals surface area contributed by atoms with Gasteiger partial charge in [0.2, 0.25) is 10.0 Å². The first-order valence-corrected chi connectivity index (χ1v) is 11.5. The summed E-state index contributed by atoms with van der Waals surface area (Å²) in [5.74, 6) is 0.126. The molecule has 4 heterocycles. The van der Waals surface area contributed by atoms with Crippen molar-refractivity contribution >= 4 is 21.6 Å². The molecule has 2 aromatic rings. The van der Waals surface area contributed by atoms with Crippen LogP contribution in [-0.2, 0) is 10.0 Å². The second kappa shape index (κ2) is 7.41. The zero-order valence-electron chi connectivity index (χ0n) is 16.2. The lowest BCUT2D eigenvalue weighted by Gasteiger charge is -2.35. The predicted molar refractivity (Wildman–Crippen MR) is 105 cm³/mol. The van der Waals surface area contributed by atoms with Crippen LogP contribution < -0.4 is 5.32 Å². The molecular formula is C18H26N6O3S. The fourth-order valence-electron chi connectivity index (χ4n) is 4.41. The molecule has 28 heavy (non-hydrogen) atoms. The molecule has 1 atom stereocenters. The van der Waals surface area contributed by atoms with Gasteiger partial charge in [-0.05, 0) is 31.9 Å². The van der Waals surface area contributed by atoms with Crippen LogP contribution in [0.15, 0.2) is 18.5 Å². The van der Waals surface area contributed by atoms with E-state index >= 15 is 0 Å². The van der Waals surface area contributed by atoms with Crippen LogP contribution >= 0.6 is 0 Å². The van der Waals surface area contributed by atoms with Crippen molar-refractivity contribution in [1.29, 1.82) is 0 Å². The molecule has 2 aliphatic heterocycles. The Morgan fingerprint density at radius 2 is 1.96 bits per heavy atom. The van der Waals surface area contributed by atoms with Crippen LogP contribution in [0.1, 0.15) is 41.2 Å². The Bertz CT molecular complexity index is 980. The van der Waals surface area contributed by atoms with Gasteiger partial charge in [-0.1, -0.05) is 0 Å². The number of nitrogens with one attached hydrogen (secondary N) is 1. The molecule has 0 radical (unpaired) electrons. The maximum absolute atomic E-state index is 12.0. The molecule has 2 fully saturated rings. The topological polar surface area (TPSA) is 99.9 Å². The standard InChI is InChI=1S/C18H26N6O3S/c1-19-18(25)15-11-21-24-16(3-7-20-17(15)24)13-4-8-22(12-13)14-5-9-23(10-6-14)28(2,26)27/h3,7,11,13-14H,4-6,8-10,12H2,1-2H3,(H,19,25)/t13-/m1/s1. The van der Waals surface area contributed by atoms with Crippen molar-refractivity contribution in [3.05, 3.63) is 29.7 Å². The molecule has 1 N–H and O–H groups in total. The lowest BCUT2D eigenvalue weighted by molar-refractivity contribution is 0.0964. The Morgan fingerprint density at radius 1 is 1.21 bits per heavy atom. The van der Waals surface area contributed by atoms with Gasteiger partial charge in [0.25, 0.3) is 5.91 Å². The number of aromatic nitrogens is 3. The van der Waals surface area contributed by atoms with Crippen LogP contribution in [0.4, 0.5) is 0 Å². The van der Waals surface area contributed by atoms with Crippen molar-refractivity contribution in [1.82, 2.24) is 29.1 Å². The Kier molecular flexibility index (Phi) is 5.11. The van der Waals surface area contributed by atoms with Crippen LogP contribution in [0.2, 0.25) is 0 Å². The van der Waals surface area contributed by atoms with Crippen LogP contribution in [0, 0.1) is 0 Å². The first-order valence-electron chi connectivity index (χ1n) is 9.62. The molecule has 0 unspecified atom stereocenters. The number of sulfonamides is 1. The molecule has 0 bridgehead atoms. The number of carbonyl (C=O) groups excluding carboxylic acids is 1. The molecule has 1 amide bonds. The van der Waals surface area contributed by atoms with E-state index in [1.165, 1.54) is 6.26 Å². The maximum atomic E-state index is 12.0. The molecule has 10 heteroatoms. The maximum Gasteiger partial charge on any atom is 0.256 e. The van der Waals surface area contributed by atoms with Gasteiger partial charge in [-0.15, -0.1) is 0 Å². The molecule has 0 spiro atoms. The van der Waals surface area contributed by atoms with Gasteiger partial charge in [-0.25, -0.2) is 22.2 Å². The van der Waals surface area contributed by atoms with E-state index in [0.29, 0.717) is 36.3 Å². The van der Waals surface area contributed by atoms with E-state index in [4.69, 9.17) is 0 Å². The normalized spacial score (nSPS) is 22.7. The Labute approximate surface area is 164 Å². The van der Waals surface area contributed by atoms with E-state index in [1.54, 1.807) is 28.3 Å². The van der Waals surface area contributed by atoms with Crippen molar-refractivity contribution < 1.29 is 13.2 Å². The smallest absolute Gasteiger partial charge is 0.256 e. The summed E-state index contributed by atoms with van der Waals surface area (Å²) in [5, 5.41) is 7.03. The van der Waals surface area contributed by atoms with Gasteiger partial charge >= 0.3 is 0 Å². The molecule has 2 saturated heterocycles. The third-order valence-electron chi connectivity index (χ3n) is 5.95. The van der Waals surface area contributed by atoms with Crippen LogP contribution in [0.3, 0.4) is 0 Å². The van der Waals surface area contributed by atoms with E-state index in [-0.39, 0.29) is 5.91 Å². The minimum absolute atomic E-state index is 0.190. The van der Waals surface area contributed by atoms with Crippen molar-refractivity contribution in [2.75, 3.05) is 39.5 Å². The molecule has 2 aromatic heterocycles. The van der Waals surface area contributed by atoms with Gasteiger partial charge in [-0.3, -0.25) is 9.69 Å². The molecule has 0 aliphatic carbocycles. The molecular weight excluding hydrogens is 380 g/mol. The van der Waals surface area contributed by atoms with Gasteiger partial charge in [0.15, 0.2) is 5.65 Å². The van der Waals surface area contributed by atoms with Gasteiger partial charge in [0.05, 0.1) is 18.1 Å². The summed E-state index contributed by atoms with van der Waals surface area (Å²) >= 11 is 0. The van der Waals surface area contributed by atoms with Gasteiger partial charge < -0.3 is 5.32 Å². The highest BCUT2D eigenvalue weighted by molar-refractivity contribution is 7.88. The zero-order chi connectivity index (χ0) is 19.9. The van der Waals surface area contributed by atoms with Crippen molar-refractivity contribution in [3.63, 3.8) is 0 Å². The molecule has 4 rings (SSSR count). The summed E-state index contributed by atoms with van der Waals surface area (Å²) in [7, 11) is -1.50. The number of hydrogen-bond acceptors (Lipinski definition) is 6. The van der Waals surface area contributed by atoms with Crippen LogP contribution in [0.5, 0.6) is 0 Å². The van der Waals surface area contributed by atoms with Gasteiger partial charge in [-0.2, -0.15) is 5.10 Å². The fraction of sp³-hybridized carbons (Fsp3) is 0.611. The molecule has 152 valence electrons. The third kappa shape index (κ3) is 3.51. The molecule has 9 nitrogen and oxygen atoms in total. The number of piperidine rings is 1. The van der Waals surface area contributed by atoms with E-state index in [2.05, 4.69) is 20.3 Å². The Hall–Kier alpha value is -2.04. The quantitative estimate of drug-likeness (QED) is 0.784. The molecule has 2 aliphatic rings. The van der Waals surface area contributed by atoms with Crippen molar-refractivity contribution in [2.45, 2.75) is 31.2 Å². The number of likely N-dealkylation sites (tertiary alicyclic amines) is 1. The number of amides is 1. The van der Waals surface area contributed by atoms with E-state index in [9.17, 15) is 13.2 Å². The van der Waals surface area contributed by atoms with Gasteiger partial charge in [0.1, 0.15) is 5.56 Å². The zero-order valence-corrected chi connectivity index (χ0v) is 17.0. The first-order chi connectivity index (χ1) is 13.4. The monoisotopic (exact) mass is 406 g/mol. The molecule has 0 saturated carbocycles. The van der Waals surface area contributed by atoms with Gasteiger partial charge in [0, 0.05) is 44.8 Å². The van der Waals surface area contributed by atoms with E-state index < -0.39 is 10.0 Å². The fourth-order valence-corrected chi connectivity index (χ4v) is 5.29. The van der Waals surface area contributed by atoms with Crippen LogP contribution in [-0.4, -0.2) is 83.7 Å².